The molecule has 0 aromatic heterocycles. The standard InChI is InChI=1S/C16H27N3O2.ClH/c1-11-6-7-17-9-14(11)18-16(21)12-8-15(20)19(10-12)13-4-2-3-5-13;/h11-14,17H,2-10H2,1H3,(H,18,21);1H. The molecule has 0 radical (unpaired) electrons. The van der Waals surface area contributed by atoms with Crippen LogP contribution in [0.5, 0.6) is 0 Å². The van der Waals surface area contributed by atoms with E-state index in [0.717, 1.165) is 32.4 Å². The Balaban J connectivity index is 0.00000176. The van der Waals surface area contributed by atoms with E-state index >= 15 is 0 Å². The number of likely N-dealkylation sites (tertiary alicyclic amines) is 1. The molecule has 3 rings (SSSR count). The van der Waals surface area contributed by atoms with Crippen LogP contribution in [0.15, 0.2) is 0 Å². The average molecular weight is 330 g/mol. The molecule has 2 saturated heterocycles. The number of amides is 2. The zero-order valence-corrected chi connectivity index (χ0v) is 14.2. The lowest BCUT2D eigenvalue weighted by molar-refractivity contribution is -0.130. The van der Waals surface area contributed by atoms with Crippen molar-refractivity contribution in [2.45, 2.75) is 57.5 Å². The number of carbonyl (C=O) groups excluding carboxylic acids is 2. The van der Waals surface area contributed by atoms with E-state index in [1.165, 1.54) is 12.8 Å². The van der Waals surface area contributed by atoms with Gasteiger partial charge >= 0.3 is 0 Å². The maximum Gasteiger partial charge on any atom is 0.225 e. The largest absolute Gasteiger partial charge is 0.352 e. The van der Waals surface area contributed by atoms with Crippen LogP contribution in [0.25, 0.3) is 0 Å². The van der Waals surface area contributed by atoms with E-state index in [1.807, 2.05) is 4.90 Å². The summed E-state index contributed by atoms with van der Waals surface area (Å²) in [6.45, 7) is 4.70. The lowest BCUT2D eigenvalue weighted by atomic mass is 9.94. The Kier molecular flexibility index (Phi) is 6.09. The SMILES string of the molecule is CC1CCNCC1NC(=O)C1CC(=O)N(C2CCCC2)C1.Cl. The minimum absolute atomic E-state index is 0. The smallest absolute Gasteiger partial charge is 0.225 e. The first-order chi connectivity index (χ1) is 10.1. The zero-order valence-electron chi connectivity index (χ0n) is 13.3. The molecular formula is C16H28ClN3O2. The first kappa shape index (κ1) is 17.5. The molecule has 0 spiro atoms. The molecule has 3 unspecified atom stereocenters. The average Bonchev–Trinajstić information content (AvgIpc) is 3.10. The maximum absolute atomic E-state index is 12.4. The number of halogens is 1. The Morgan fingerprint density at radius 2 is 2.00 bits per heavy atom. The number of hydrogen-bond acceptors (Lipinski definition) is 3. The van der Waals surface area contributed by atoms with Crippen LogP contribution in [0, 0.1) is 11.8 Å². The summed E-state index contributed by atoms with van der Waals surface area (Å²) in [5, 5.41) is 6.49. The Bertz CT molecular complexity index is 412. The predicted octanol–water partition coefficient (Wildman–Crippen LogP) is 1.31. The van der Waals surface area contributed by atoms with Crippen molar-refractivity contribution in [3.8, 4) is 0 Å². The van der Waals surface area contributed by atoms with Crippen molar-refractivity contribution < 1.29 is 9.59 Å². The van der Waals surface area contributed by atoms with E-state index in [4.69, 9.17) is 0 Å². The van der Waals surface area contributed by atoms with Gasteiger partial charge in [-0.25, -0.2) is 0 Å². The lowest BCUT2D eigenvalue weighted by Gasteiger charge is -2.31. The molecule has 0 aromatic rings. The summed E-state index contributed by atoms with van der Waals surface area (Å²) >= 11 is 0. The Hall–Kier alpha value is -0.810. The van der Waals surface area contributed by atoms with Gasteiger partial charge < -0.3 is 15.5 Å². The summed E-state index contributed by atoms with van der Waals surface area (Å²) in [5.74, 6) is 0.617. The van der Waals surface area contributed by atoms with Gasteiger partial charge in [0.15, 0.2) is 0 Å². The molecule has 1 aliphatic carbocycles. The van der Waals surface area contributed by atoms with Crippen LogP contribution in [-0.2, 0) is 9.59 Å². The Morgan fingerprint density at radius 3 is 2.68 bits per heavy atom. The molecular weight excluding hydrogens is 302 g/mol. The number of rotatable bonds is 3. The van der Waals surface area contributed by atoms with Gasteiger partial charge in [0.2, 0.25) is 11.8 Å². The highest BCUT2D eigenvalue weighted by molar-refractivity contribution is 5.89. The molecule has 0 aromatic carbocycles. The van der Waals surface area contributed by atoms with Gasteiger partial charge in [-0.3, -0.25) is 9.59 Å². The van der Waals surface area contributed by atoms with Crippen LogP contribution in [-0.4, -0.2) is 48.4 Å². The molecule has 3 aliphatic rings. The van der Waals surface area contributed by atoms with Gasteiger partial charge in [0.05, 0.1) is 5.92 Å². The Labute approximate surface area is 139 Å². The van der Waals surface area contributed by atoms with E-state index in [1.54, 1.807) is 0 Å². The highest BCUT2D eigenvalue weighted by Crippen LogP contribution is 2.29. The number of carbonyl (C=O) groups is 2. The molecule has 5 nitrogen and oxygen atoms in total. The summed E-state index contributed by atoms with van der Waals surface area (Å²) in [6.07, 6.45) is 6.17. The van der Waals surface area contributed by atoms with Crippen LogP contribution >= 0.6 is 12.4 Å². The summed E-state index contributed by atoms with van der Waals surface area (Å²) in [7, 11) is 0. The van der Waals surface area contributed by atoms with E-state index in [-0.39, 0.29) is 36.2 Å². The van der Waals surface area contributed by atoms with Crippen molar-refractivity contribution in [3.05, 3.63) is 0 Å². The second-order valence-electron chi connectivity index (χ2n) is 6.97. The molecule has 22 heavy (non-hydrogen) atoms. The van der Waals surface area contributed by atoms with Crippen LogP contribution in [0.1, 0.15) is 45.4 Å². The fourth-order valence-electron chi connectivity index (χ4n) is 3.96. The molecule has 2 aliphatic heterocycles. The van der Waals surface area contributed by atoms with Crippen LogP contribution in [0.2, 0.25) is 0 Å². The molecule has 2 heterocycles. The summed E-state index contributed by atoms with van der Waals surface area (Å²) in [4.78, 5) is 26.6. The third kappa shape index (κ3) is 3.74. The van der Waals surface area contributed by atoms with E-state index in [2.05, 4.69) is 17.6 Å². The van der Waals surface area contributed by atoms with Crippen molar-refractivity contribution in [1.82, 2.24) is 15.5 Å². The van der Waals surface area contributed by atoms with Crippen molar-refractivity contribution in [2.24, 2.45) is 11.8 Å². The van der Waals surface area contributed by atoms with Gasteiger partial charge in [-0.1, -0.05) is 19.8 Å². The number of piperidine rings is 1. The highest BCUT2D eigenvalue weighted by atomic mass is 35.5. The number of nitrogens with one attached hydrogen (secondary N) is 2. The van der Waals surface area contributed by atoms with Gasteiger partial charge in [0.1, 0.15) is 0 Å². The van der Waals surface area contributed by atoms with Crippen molar-refractivity contribution >= 4 is 24.2 Å². The van der Waals surface area contributed by atoms with Gasteiger partial charge in [0, 0.05) is 31.6 Å². The van der Waals surface area contributed by atoms with Crippen molar-refractivity contribution in [3.63, 3.8) is 0 Å². The van der Waals surface area contributed by atoms with Gasteiger partial charge in [-0.05, 0) is 31.7 Å². The third-order valence-corrected chi connectivity index (χ3v) is 5.45. The molecule has 2 N–H and O–H groups in total. The third-order valence-electron chi connectivity index (χ3n) is 5.45. The fourth-order valence-corrected chi connectivity index (χ4v) is 3.96. The van der Waals surface area contributed by atoms with Gasteiger partial charge in [0.25, 0.3) is 0 Å². The highest BCUT2D eigenvalue weighted by Gasteiger charge is 2.39. The Morgan fingerprint density at radius 1 is 1.27 bits per heavy atom. The minimum atomic E-state index is -0.146. The summed E-state index contributed by atoms with van der Waals surface area (Å²) in [6, 6.07) is 0.604. The molecule has 3 atom stereocenters. The van der Waals surface area contributed by atoms with Gasteiger partial charge in [-0.2, -0.15) is 0 Å². The maximum atomic E-state index is 12.4. The van der Waals surface area contributed by atoms with E-state index in [9.17, 15) is 9.59 Å². The first-order valence-corrected chi connectivity index (χ1v) is 8.45. The van der Waals surface area contributed by atoms with Crippen LogP contribution in [0.4, 0.5) is 0 Å². The summed E-state index contributed by atoms with van der Waals surface area (Å²) in [5.41, 5.74) is 0. The second-order valence-corrected chi connectivity index (χ2v) is 6.97. The van der Waals surface area contributed by atoms with Crippen molar-refractivity contribution in [2.75, 3.05) is 19.6 Å². The minimum Gasteiger partial charge on any atom is -0.352 e. The molecule has 1 saturated carbocycles. The molecule has 0 bridgehead atoms. The topological polar surface area (TPSA) is 61.4 Å². The molecule has 3 fully saturated rings. The normalized spacial score (nSPS) is 32.9. The molecule has 2 amide bonds. The van der Waals surface area contributed by atoms with Crippen LogP contribution < -0.4 is 10.6 Å². The first-order valence-electron chi connectivity index (χ1n) is 8.45. The second kappa shape index (κ2) is 7.64. The summed E-state index contributed by atoms with van der Waals surface area (Å²) < 4.78 is 0. The predicted molar refractivity (Wildman–Crippen MR) is 87.9 cm³/mol. The monoisotopic (exact) mass is 329 g/mol. The van der Waals surface area contributed by atoms with E-state index < -0.39 is 0 Å². The van der Waals surface area contributed by atoms with Crippen molar-refractivity contribution in [1.29, 1.82) is 0 Å². The molecule has 6 heteroatoms. The molecule has 126 valence electrons. The van der Waals surface area contributed by atoms with Crippen LogP contribution in [0.3, 0.4) is 0 Å². The lowest BCUT2D eigenvalue weighted by Crippen LogP contribution is -2.51. The number of hydrogen-bond donors (Lipinski definition) is 2. The van der Waals surface area contributed by atoms with Gasteiger partial charge in [-0.15, -0.1) is 12.4 Å². The number of nitrogens with zero attached hydrogens (tertiary/aromatic N) is 1. The fraction of sp³-hybridized carbons (Fsp3) is 0.875. The quantitative estimate of drug-likeness (QED) is 0.821. The zero-order chi connectivity index (χ0) is 14.8. The van der Waals surface area contributed by atoms with E-state index in [0.29, 0.717) is 24.9 Å².